The van der Waals surface area contributed by atoms with E-state index in [2.05, 4.69) is 31.5 Å². The van der Waals surface area contributed by atoms with Gasteiger partial charge in [-0.05, 0) is 45.0 Å². The van der Waals surface area contributed by atoms with E-state index in [0.717, 1.165) is 26.5 Å². The number of aromatic nitrogens is 1. The molecule has 5 nitrogen and oxygen atoms in total. The lowest BCUT2D eigenvalue weighted by Crippen LogP contribution is -2.34. The van der Waals surface area contributed by atoms with Crippen LogP contribution in [-0.4, -0.2) is 23.1 Å². The van der Waals surface area contributed by atoms with Crippen LogP contribution in [0.4, 0.5) is 5.13 Å². The zero-order chi connectivity index (χ0) is 21.1. The summed E-state index contributed by atoms with van der Waals surface area (Å²) in [7, 11) is 1.53. The Bertz CT molecular complexity index is 1240. The average molecular weight is 498 g/mol. The summed E-state index contributed by atoms with van der Waals surface area (Å²) in [6.45, 7) is 0. The lowest BCUT2D eigenvalue weighted by atomic mass is 10.1. The number of anilines is 1. The summed E-state index contributed by atoms with van der Waals surface area (Å²) >= 11 is 10.3. The number of fused-ring (bicyclic) bond motifs is 1. The van der Waals surface area contributed by atoms with Gasteiger partial charge < -0.3 is 10.1 Å². The van der Waals surface area contributed by atoms with E-state index < -0.39 is 0 Å². The number of amides is 1. The van der Waals surface area contributed by atoms with Crippen LogP contribution in [-0.2, 0) is 0 Å². The molecule has 0 fully saturated rings. The number of nitrogens with zero attached hydrogens (tertiary/aromatic N) is 1. The molecule has 4 aromatic rings. The van der Waals surface area contributed by atoms with E-state index in [1.165, 1.54) is 18.4 Å². The number of halogens is 1. The van der Waals surface area contributed by atoms with Crippen LogP contribution in [0.2, 0.25) is 0 Å². The molecule has 0 aliphatic rings. The Kier molecular flexibility index (Phi) is 6.08. The largest absolute Gasteiger partial charge is 0.495 e. The molecule has 2 N–H and O–H groups in total. The molecule has 1 amide bonds. The van der Waals surface area contributed by atoms with Crippen molar-refractivity contribution in [2.24, 2.45) is 0 Å². The standard InChI is InChI=1S/C22H16BrN3O2S2/c1-28-19-16(11-14-9-5-6-10-15(14)18(19)23)20(27)25-21(29)26-22-24-17(12-30-22)13-7-3-2-4-8-13/h2-12H,1H3,(H2,24,25,26,27,29). The number of hydrogen-bond donors (Lipinski definition) is 2. The molecule has 0 saturated carbocycles. The molecule has 150 valence electrons. The average Bonchev–Trinajstić information content (AvgIpc) is 3.22. The number of carbonyl (C=O) groups is 1. The fourth-order valence-corrected chi connectivity index (χ4v) is 4.74. The summed E-state index contributed by atoms with van der Waals surface area (Å²) in [6, 6.07) is 19.4. The second-order valence-corrected chi connectivity index (χ2v) is 8.36. The molecule has 1 heterocycles. The normalized spacial score (nSPS) is 10.6. The maximum Gasteiger partial charge on any atom is 0.261 e. The third kappa shape index (κ3) is 4.21. The number of rotatable bonds is 4. The van der Waals surface area contributed by atoms with Gasteiger partial charge >= 0.3 is 0 Å². The van der Waals surface area contributed by atoms with Gasteiger partial charge in [0.1, 0.15) is 5.75 Å². The molecular weight excluding hydrogens is 482 g/mol. The highest BCUT2D eigenvalue weighted by Gasteiger charge is 2.19. The van der Waals surface area contributed by atoms with Crippen molar-refractivity contribution in [3.05, 3.63) is 76.1 Å². The molecule has 30 heavy (non-hydrogen) atoms. The van der Waals surface area contributed by atoms with Crippen LogP contribution < -0.4 is 15.4 Å². The molecule has 0 spiro atoms. The van der Waals surface area contributed by atoms with Gasteiger partial charge in [0.15, 0.2) is 10.2 Å². The summed E-state index contributed by atoms with van der Waals surface area (Å²) in [5, 5.41) is 10.3. The van der Waals surface area contributed by atoms with E-state index in [4.69, 9.17) is 17.0 Å². The number of ether oxygens (including phenoxy) is 1. The van der Waals surface area contributed by atoms with E-state index in [9.17, 15) is 4.79 Å². The van der Waals surface area contributed by atoms with Crippen molar-refractivity contribution in [1.29, 1.82) is 0 Å². The van der Waals surface area contributed by atoms with E-state index >= 15 is 0 Å². The Morgan fingerprint density at radius 1 is 1.13 bits per heavy atom. The second-order valence-electron chi connectivity index (χ2n) is 6.30. The van der Waals surface area contributed by atoms with E-state index in [1.807, 2.05) is 60.0 Å². The highest BCUT2D eigenvalue weighted by Crippen LogP contribution is 2.36. The highest BCUT2D eigenvalue weighted by molar-refractivity contribution is 9.10. The molecule has 0 radical (unpaired) electrons. The first kappa shape index (κ1) is 20.5. The van der Waals surface area contributed by atoms with Gasteiger partial charge in [0.2, 0.25) is 0 Å². The quantitative estimate of drug-likeness (QED) is 0.345. The Morgan fingerprint density at radius 3 is 2.63 bits per heavy atom. The molecule has 1 aromatic heterocycles. The van der Waals surface area contributed by atoms with Crippen LogP contribution >= 0.6 is 39.5 Å². The molecule has 0 aliphatic carbocycles. The van der Waals surface area contributed by atoms with Gasteiger partial charge in [0.05, 0.1) is 22.8 Å². The number of thiazole rings is 1. The van der Waals surface area contributed by atoms with Crippen molar-refractivity contribution >= 4 is 66.4 Å². The summed E-state index contributed by atoms with van der Waals surface area (Å²) in [6.07, 6.45) is 0. The molecule has 0 atom stereocenters. The Hall–Kier alpha value is -2.81. The van der Waals surface area contributed by atoms with Crippen LogP contribution in [0.5, 0.6) is 5.75 Å². The minimum atomic E-state index is -0.365. The Morgan fingerprint density at radius 2 is 1.87 bits per heavy atom. The smallest absolute Gasteiger partial charge is 0.261 e. The summed E-state index contributed by atoms with van der Waals surface area (Å²) < 4.78 is 6.20. The molecule has 3 aromatic carbocycles. The molecule has 8 heteroatoms. The van der Waals surface area contributed by atoms with Crippen molar-refractivity contribution < 1.29 is 9.53 Å². The van der Waals surface area contributed by atoms with E-state index in [0.29, 0.717) is 16.4 Å². The minimum absolute atomic E-state index is 0.167. The van der Waals surface area contributed by atoms with Gasteiger partial charge in [-0.15, -0.1) is 11.3 Å². The fraction of sp³-hybridized carbons (Fsp3) is 0.0455. The lowest BCUT2D eigenvalue weighted by Gasteiger charge is -2.14. The second kappa shape index (κ2) is 8.91. The van der Waals surface area contributed by atoms with Crippen molar-refractivity contribution in [3.8, 4) is 17.0 Å². The predicted molar refractivity (Wildman–Crippen MR) is 129 cm³/mol. The van der Waals surface area contributed by atoms with Crippen molar-refractivity contribution in [2.45, 2.75) is 0 Å². The molecular formula is C22H16BrN3O2S2. The summed E-state index contributed by atoms with van der Waals surface area (Å²) in [5.74, 6) is 0.0882. The number of hydrogen-bond acceptors (Lipinski definition) is 5. The maximum absolute atomic E-state index is 12.9. The molecule has 0 saturated heterocycles. The first-order chi connectivity index (χ1) is 14.6. The topological polar surface area (TPSA) is 63.2 Å². The molecule has 0 unspecified atom stereocenters. The van der Waals surface area contributed by atoms with Gasteiger partial charge in [-0.2, -0.15) is 0 Å². The molecule has 0 bridgehead atoms. The van der Waals surface area contributed by atoms with Crippen molar-refractivity contribution in [3.63, 3.8) is 0 Å². The van der Waals surface area contributed by atoms with Crippen LogP contribution in [0.15, 0.2) is 70.5 Å². The minimum Gasteiger partial charge on any atom is -0.495 e. The van der Waals surface area contributed by atoms with Crippen LogP contribution in [0, 0.1) is 0 Å². The SMILES string of the molecule is COc1c(C(=O)NC(=S)Nc2nc(-c3ccccc3)cs2)cc2ccccc2c1Br. The number of nitrogens with one attached hydrogen (secondary N) is 2. The third-order valence-corrected chi connectivity index (χ3v) is 6.16. The fourth-order valence-electron chi connectivity index (χ4n) is 3.02. The first-order valence-corrected chi connectivity index (χ1v) is 11.0. The lowest BCUT2D eigenvalue weighted by molar-refractivity contribution is 0.0975. The number of benzene rings is 3. The van der Waals surface area contributed by atoms with E-state index in [-0.39, 0.29) is 11.0 Å². The van der Waals surface area contributed by atoms with Crippen LogP contribution in [0.25, 0.3) is 22.0 Å². The predicted octanol–water partition coefficient (Wildman–Crippen LogP) is 5.86. The van der Waals surface area contributed by atoms with Gasteiger partial charge in [-0.25, -0.2) is 4.98 Å². The van der Waals surface area contributed by atoms with E-state index in [1.54, 1.807) is 6.07 Å². The van der Waals surface area contributed by atoms with Crippen molar-refractivity contribution in [1.82, 2.24) is 10.3 Å². The Balaban J connectivity index is 1.52. The van der Waals surface area contributed by atoms with Gasteiger partial charge in [0, 0.05) is 10.9 Å². The highest BCUT2D eigenvalue weighted by atomic mass is 79.9. The van der Waals surface area contributed by atoms with Gasteiger partial charge in [-0.1, -0.05) is 54.6 Å². The summed E-state index contributed by atoms with van der Waals surface area (Å²) in [5.41, 5.74) is 2.25. The van der Waals surface area contributed by atoms with Gasteiger partial charge in [0.25, 0.3) is 5.91 Å². The van der Waals surface area contributed by atoms with Crippen molar-refractivity contribution in [2.75, 3.05) is 12.4 Å². The number of methoxy groups -OCH3 is 1. The summed E-state index contributed by atoms with van der Waals surface area (Å²) in [4.78, 5) is 17.4. The zero-order valence-electron chi connectivity index (χ0n) is 15.8. The molecule has 0 aliphatic heterocycles. The number of carbonyl (C=O) groups excluding carboxylic acids is 1. The molecule has 4 rings (SSSR count). The first-order valence-electron chi connectivity index (χ1n) is 8.95. The third-order valence-electron chi connectivity index (χ3n) is 4.41. The van der Waals surface area contributed by atoms with Gasteiger partial charge in [-0.3, -0.25) is 10.1 Å². The monoisotopic (exact) mass is 497 g/mol. The maximum atomic E-state index is 12.9. The zero-order valence-corrected chi connectivity index (χ0v) is 19.0. The van der Waals surface area contributed by atoms with Crippen LogP contribution in [0.3, 0.4) is 0 Å². The Labute approximate surface area is 191 Å². The van der Waals surface area contributed by atoms with Crippen LogP contribution in [0.1, 0.15) is 10.4 Å². The number of thiocarbonyl (C=S) groups is 1.